The van der Waals surface area contributed by atoms with Gasteiger partial charge in [0.25, 0.3) is 0 Å². The van der Waals surface area contributed by atoms with E-state index < -0.39 is 5.97 Å². The SMILES string of the molecule is COC(=O)c1cccc2c(C=O)nc(C)n12. The van der Waals surface area contributed by atoms with Gasteiger partial charge in [-0.1, -0.05) is 6.07 Å². The number of imidazole rings is 1. The predicted octanol–water partition coefficient (Wildman–Crippen LogP) is 1.24. The molecule has 0 aromatic carbocycles. The molecule has 5 nitrogen and oxygen atoms in total. The van der Waals surface area contributed by atoms with Crippen LogP contribution in [0.4, 0.5) is 0 Å². The molecule has 2 aromatic heterocycles. The number of ether oxygens (including phenoxy) is 1. The quantitative estimate of drug-likeness (QED) is 0.562. The second-order valence-corrected chi connectivity index (χ2v) is 3.29. The van der Waals surface area contributed by atoms with E-state index in [1.807, 2.05) is 0 Å². The monoisotopic (exact) mass is 218 g/mol. The first-order valence-corrected chi connectivity index (χ1v) is 4.70. The van der Waals surface area contributed by atoms with E-state index in [1.165, 1.54) is 7.11 Å². The summed E-state index contributed by atoms with van der Waals surface area (Å²) in [6, 6.07) is 5.05. The molecule has 0 N–H and O–H groups in total. The Balaban J connectivity index is 2.82. The zero-order valence-corrected chi connectivity index (χ0v) is 8.93. The number of aryl methyl sites for hydroxylation is 1. The maximum absolute atomic E-state index is 11.5. The molecule has 0 aliphatic heterocycles. The second-order valence-electron chi connectivity index (χ2n) is 3.29. The molecule has 0 atom stereocenters. The minimum Gasteiger partial charge on any atom is -0.464 e. The van der Waals surface area contributed by atoms with Crippen molar-refractivity contribution >= 4 is 17.8 Å². The lowest BCUT2D eigenvalue weighted by atomic mass is 10.3. The number of aromatic nitrogens is 2. The molecule has 5 heteroatoms. The molecule has 0 radical (unpaired) electrons. The van der Waals surface area contributed by atoms with Crippen molar-refractivity contribution in [3.63, 3.8) is 0 Å². The van der Waals surface area contributed by atoms with Crippen LogP contribution in [0.25, 0.3) is 5.52 Å². The molecule has 82 valence electrons. The Morgan fingerprint density at radius 2 is 2.25 bits per heavy atom. The van der Waals surface area contributed by atoms with E-state index in [0.29, 0.717) is 29.0 Å². The van der Waals surface area contributed by atoms with Gasteiger partial charge in [0, 0.05) is 0 Å². The normalized spacial score (nSPS) is 10.4. The molecule has 0 amide bonds. The van der Waals surface area contributed by atoms with Gasteiger partial charge >= 0.3 is 5.97 Å². The number of rotatable bonds is 2. The molecule has 0 aliphatic carbocycles. The van der Waals surface area contributed by atoms with Gasteiger partial charge in [0.1, 0.15) is 17.2 Å². The van der Waals surface area contributed by atoms with Gasteiger partial charge in [-0.05, 0) is 19.1 Å². The number of carbonyl (C=O) groups is 2. The van der Waals surface area contributed by atoms with E-state index >= 15 is 0 Å². The topological polar surface area (TPSA) is 60.7 Å². The third kappa shape index (κ3) is 1.37. The van der Waals surface area contributed by atoms with Gasteiger partial charge in [0.2, 0.25) is 0 Å². The van der Waals surface area contributed by atoms with Gasteiger partial charge in [-0.25, -0.2) is 9.78 Å². The van der Waals surface area contributed by atoms with Crippen molar-refractivity contribution < 1.29 is 14.3 Å². The summed E-state index contributed by atoms with van der Waals surface area (Å²) in [7, 11) is 1.31. The summed E-state index contributed by atoms with van der Waals surface area (Å²) in [5, 5.41) is 0. The molecular formula is C11H10N2O3. The molecule has 2 heterocycles. The number of hydrogen-bond acceptors (Lipinski definition) is 4. The Bertz CT molecular complexity index is 572. The molecule has 2 rings (SSSR count). The Morgan fingerprint density at radius 3 is 2.88 bits per heavy atom. The molecule has 0 spiro atoms. The first-order chi connectivity index (χ1) is 7.69. The average Bonchev–Trinajstić information content (AvgIpc) is 2.65. The highest BCUT2D eigenvalue weighted by Gasteiger charge is 2.15. The zero-order chi connectivity index (χ0) is 11.7. The van der Waals surface area contributed by atoms with E-state index in [4.69, 9.17) is 0 Å². The number of hydrogen-bond donors (Lipinski definition) is 0. The minimum atomic E-state index is -0.455. The van der Waals surface area contributed by atoms with Crippen molar-refractivity contribution in [2.75, 3.05) is 7.11 Å². The van der Waals surface area contributed by atoms with Crippen molar-refractivity contribution in [1.29, 1.82) is 0 Å². The maximum Gasteiger partial charge on any atom is 0.355 e. The highest BCUT2D eigenvalue weighted by molar-refractivity contribution is 5.91. The first kappa shape index (κ1) is 10.4. The summed E-state index contributed by atoms with van der Waals surface area (Å²) in [6.45, 7) is 1.73. The van der Waals surface area contributed by atoms with Crippen LogP contribution in [0.2, 0.25) is 0 Å². The van der Waals surface area contributed by atoms with Gasteiger partial charge in [-0.2, -0.15) is 0 Å². The largest absolute Gasteiger partial charge is 0.464 e. The van der Waals surface area contributed by atoms with Crippen molar-refractivity contribution in [3.05, 3.63) is 35.4 Å². The number of aldehydes is 1. The molecule has 0 unspecified atom stereocenters. The van der Waals surface area contributed by atoms with E-state index in [1.54, 1.807) is 29.5 Å². The van der Waals surface area contributed by atoms with Crippen LogP contribution in [0, 0.1) is 6.92 Å². The Kier molecular flexibility index (Phi) is 2.44. The van der Waals surface area contributed by atoms with Crippen LogP contribution in [-0.4, -0.2) is 28.7 Å². The van der Waals surface area contributed by atoms with Crippen molar-refractivity contribution in [1.82, 2.24) is 9.38 Å². The summed E-state index contributed by atoms with van der Waals surface area (Å²) in [5.74, 6) is 0.127. The van der Waals surface area contributed by atoms with E-state index in [0.717, 1.165) is 0 Å². The third-order valence-electron chi connectivity index (χ3n) is 2.36. The number of esters is 1. The minimum absolute atomic E-state index is 0.322. The maximum atomic E-state index is 11.5. The van der Waals surface area contributed by atoms with Crippen molar-refractivity contribution in [3.8, 4) is 0 Å². The van der Waals surface area contributed by atoms with Crippen LogP contribution in [0.1, 0.15) is 26.8 Å². The second kappa shape index (κ2) is 3.77. The summed E-state index contributed by atoms with van der Waals surface area (Å²) in [5.41, 5.74) is 1.29. The Labute approximate surface area is 91.7 Å². The van der Waals surface area contributed by atoms with Crippen molar-refractivity contribution in [2.24, 2.45) is 0 Å². The number of nitrogens with zero attached hydrogens (tertiary/aromatic N) is 2. The first-order valence-electron chi connectivity index (χ1n) is 4.70. The number of pyridine rings is 1. The average molecular weight is 218 g/mol. The lowest BCUT2D eigenvalue weighted by Crippen LogP contribution is -2.08. The van der Waals surface area contributed by atoms with Crippen LogP contribution in [0.3, 0.4) is 0 Å². The summed E-state index contributed by atoms with van der Waals surface area (Å²) in [4.78, 5) is 26.4. The molecule has 0 aliphatic rings. The van der Waals surface area contributed by atoms with Crippen molar-refractivity contribution in [2.45, 2.75) is 6.92 Å². The Hall–Kier alpha value is -2.17. The molecule has 0 fully saturated rings. The van der Waals surface area contributed by atoms with E-state index in [-0.39, 0.29) is 0 Å². The van der Waals surface area contributed by atoms with Crippen LogP contribution in [-0.2, 0) is 4.74 Å². The fourth-order valence-corrected chi connectivity index (χ4v) is 1.69. The van der Waals surface area contributed by atoms with Crippen LogP contribution in [0.5, 0.6) is 0 Å². The molecule has 0 saturated carbocycles. The van der Waals surface area contributed by atoms with Gasteiger partial charge in [0.05, 0.1) is 12.6 Å². The van der Waals surface area contributed by atoms with E-state index in [9.17, 15) is 9.59 Å². The number of fused-ring (bicyclic) bond motifs is 1. The number of methoxy groups -OCH3 is 1. The van der Waals surface area contributed by atoms with Crippen LogP contribution < -0.4 is 0 Å². The fourth-order valence-electron chi connectivity index (χ4n) is 1.69. The summed E-state index contributed by atoms with van der Waals surface area (Å²) in [6.07, 6.45) is 0.670. The van der Waals surface area contributed by atoms with Gasteiger partial charge in [-0.3, -0.25) is 9.20 Å². The van der Waals surface area contributed by atoms with Gasteiger partial charge < -0.3 is 4.74 Å². The lowest BCUT2D eigenvalue weighted by Gasteiger charge is -2.04. The molecule has 16 heavy (non-hydrogen) atoms. The lowest BCUT2D eigenvalue weighted by molar-refractivity contribution is 0.0592. The van der Waals surface area contributed by atoms with Crippen LogP contribution >= 0.6 is 0 Å². The Morgan fingerprint density at radius 1 is 1.50 bits per heavy atom. The smallest absolute Gasteiger partial charge is 0.355 e. The van der Waals surface area contributed by atoms with Gasteiger partial charge in [-0.15, -0.1) is 0 Å². The standard InChI is InChI=1S/C11H10N2O3/c1-7-12-8(6-14)9-4-3-5-10(13(7)9)11(15)16-2/h3-6H,1-2H3. The molecule has 0 bridgehead atoms. The summed E-state index contributed by atoms with van der Waals surface area (Å²) >= 11 is 0. The van der Waals surface area contributed by atoms with Gasteiger partial charge in [0.15, 0.2) is 6.29 Å². The highest BCUT2D eigenvalue weighted by Crippen LogP contribution is 2.15. The predicted molar refractivity (Wildman–Crippen MR) is 56.7 cm³/mol. The summed E-state index contributed by atoms with van der Waals surface area (Å²) < 4.78 is 6.27. The number of carbonyl (C=O) groups excluding carboxylic acids is 2. The van der Waals surface area contributed by atoms with Crippen LogP contribution in [0.15, 0.2) is 18.2 Å². The molecule has 2 aromatic rings. The molecular weight excluding hydrogens is 208 g/mol. The zero-order valence-electron chi connectivity index (χ0n) is 8.93. The highest BCUT2D eigenvalue weighted by atomic mass is 16.5. The third-order valence-corrected chi connectivity index (χ3v) is 2.36. The fraction of sp³-hybridized carbons (Fsp3) is 0.182. The molecule has 0 saturated heterocycles. The van der Waals surface area contributed by atoms with E-state index in [2.05, 4.69) is 9.72 Å².